The van der Waals surface area contributed by atoms with E-state index >= 15 is 0 Å². The van der Waals surface area contributed by atoms with Gasteiger partial charge in [0.15, 0.2) is 0 Å². The number of carbonyl (C=O) groups is 2. The summed E-state index contributed by atoms with van der Waals surface area (Å²) in [7, 11) is -3.27. The molecule has 1 fully saturated rings. The molecule has 4 heterocycles. The molecular weight excluding hydrogens is 587 g/mol. The molecule has 1 aromatic carbocycles. The van der Waals surface area contributed by atoms with Crippen LogP contribution in [-0.4, -0.2) is 69.6 Å². The number of amides is 2. The second-order valence-corrected chi connectivity index (χ2v) is 12.6. The van der Waals surface area contributed by atoms with Crippen molar-refractivity contribution >= 4 is 38.8 Å². The number of anilines is 2. The maximum atomic E-state index is 13.0. The number of carbonyl (C=O) groups excluding carboxylic acids is 2. The molecule has 2 amide bonds. The molecule has 0 bridgehead atoms. The fraction of sp³-hybridized carbons (Fsp3) is 0.321. The number of fused-ring (bicyclic) bond motifs is 1. The minimum absolute atomic E-state index is 0.0836. The molecule has 1 saturated heterocycles. The van der Waals surface area contributed by atoms with E-state index in [4.69, 9.17) is 10.7 Å². The SMILES string of the molecule is CS(=O)(=O)CCC(=O)N1CCCC(c2nc(-c3ccc(C(=O)Nc4cc(C(F)(F)F)ccn4)cc3)c3c(N)nccn23)C1. The molecule has 4 aromatic rings. The summed E-state index contributed by atoms with van der Waals surface area (Å²) in [5.74, 6) is -0.573. The van der Waals surface area contributed by atoms with Crippen LogP contribution in [0, 0.1) is 0 Å². The lowest BCUT2D eigenvalue weighted by molar-refractivity contribution is -0.137. The number of rotatable bonds is 7. The van der Waals surface area contributed by atoms with E-state index < -0.39 is 27.5 Å². The van der Waals surface area contributed by atoms with Crippen LogP contribution < -0.4 is 11.1 Å². The van der Waals surface area contributed by atoms with E-state index in [9.17, 15) is 31.2 Å². The van der Waals surface area contributed by atoms with Crippen LogP contribution in [0.15, 0.2) is 55.0 Å². The lowest BCUT2D eigenvalue weighted by Gasteiger charge is -2.32. The van der Waals surface area contributed by atoms with E-state index in [1.54, 1.807) is 29.4 Å². The zero-order valence-corrected chi connectivity index (χ0v) is 23.8. The number of hydrogen-bond donors (Lipinski definition) is 2. The summed E-state index contributed by atoms with van der Waals surface area (Å²) in [5.41, 5.74) is 7.19. The lowest BCUT2D eigenvalue weighted by atomic mass is 9.97. The van der Waals surface area contributed by atoms with Crippen LogP contribution in [0.4, 0.5) is 24.8 Å². The summed E-state index contributed by atoms with van der Waals surface area (Å²) in [4.78, 5) is 40.0. The van der Waals surface area contributed by atoms with Crippen molar-refractivity contribution in [2.45, 2.75) is 31.4 Å². The van der Waals surface area contributed by atoms with Crippen molar-refractivity contribution < 1.29 is 31.2 Å². The van der Waals surface area contributed by atoms with Crippen LogP contribution in [0.25, 0.3) is 16.8 Å². The summed E-state index contributed by atoms with van der Waals surface area (Å²) in [6, 6.07) is 7.89. The summed E-state index contributed by atoms with van der Waals surface area (Å²) < 4.78 is 64.0. The van der Waals surface area contributed by atoms with Gasteiger partial charge in [-0.3, -0.25) is 14.0 Å². The van der Waals surface area contributed by atoms with Gasteiger partial charge in [-0.25, -0.2) is 23.4 Å². The Morgan fingerprint density at radius 1 is 1.12 bits per heavy atom. The van der Waals surface area contributed by atoms with E-state index in [1.807, 2.05) is 4.40 Å². The second-order valence-electron chi connectivity index (χ2n) is 10.4. The van der Waals surface area contributed by atoms with Crippen LogP contribution in [0.2, 0.25) is 0 Å². The van der Waals surface area contributed by atoms with Gasteiger partial charge in [-0.2, -0.15) is 13.2 Å². The first-order valence-corrected chi connectivity index (χ1v) is 15.4. The third-order valence-electron chi connectivity index (χ3n) is 7.19. The Labute approximate surface area is 244 Å². The molecule has 1 aliphatic rings. The summed E-state index contributed by atoms with van der Waals surface area (Å²) in [5, 5.41) is 2.38. The van der Waals surface area contributed by atoms with Crippen molar-refractivity contribution in [1.82, 2.24) is 24.3 Å². The molecule has 5 rings (SSSR count). The van der Waals surface area contributed by atoms with Gasteiger partial charge in [-0.05, 0) is 37.1 Å². The number of hydrogen-bond acceptors (Lipinski definition) is 8. The lowest BCUT2D eigenvalue weighted by Crippen LogP contribution is -2.40. The third kappa shape index (κ3) is 6.77. The van der Waals surface area contributed by atoms with Gasteiger partial charge in [0.25, 0.3) is 5.91 Å². The molecule has 3 aromatic heterocycles. The van der Waals surface area contributed by atoms with Crippen LogP contribution in [-0.2, 0) is 20.8 Å². The Morgan fingerprint density at radius 2 is 1.86 bits per heavy atom. The minimum atomic E-state index is -4.57. The number of imidazole rings is 1. The van der Waals surface area contributed by atoms with Crippen molar-refractivity contribution in [1.29, 1.82) is 0 Å². The Kier molecular flexibility index (Phi) is 8.10. The van der Waals surface area contributed by atoms with E-state index in [1.165, 1.54) is 12.1 Å². The predicted molar refractivity (Wildman–Crippen MR) is 153 cm³/mol. The first-order chi connectivity index (χ1) is 20.3. The molecule has 1 unspecified atom stereocenters. The highest BCUT2D eigenvalue weighted by Gasteiger charge is 2.31. The number of aromatic nitrogens is 4. The Morgan fingerprint density at radius 3 is 2.56 bits per heavy atom. The van der Waals surface area contributed by atoms with Gasteiger partial charge in [0.2, 0.25) is 5.91 Å². The van der Waals surface area contributed by atoms with Gasteiger partial charge >= 0.3 is 6.18 Å². The second kappa shape index (κ2) is 11.6. The molecule has 1 atom stereocenters. The highest BCUT2D eigenvalue weighted by Crippen LogP contribution is 2.34. The van der Waals surface area contributed by atoms with Crippen LogP contribution in [0.3, 0.4) is 0 Å². The maximum Gasteiger partial charge on any atom is 0.416 e. The van der Waals surface area contributed by atoms with Crippen molar-refractivity contribution in [3.63, 3.8) is 0 Å². The van der Waals surface area contributed by atoms with Gasteiger partial charge in [-0.1, -0.05) is 12.1 Å². The largest absolute Gasteiger partial charge is 0.416 e. The average Bonchev–Trinajstić information content (AvgIpc) is 3.36. The number of piperidine rings is 1. The number of benzene rings is 1. The number of nitrogens with one attached hydrogen (secondary N) is 1. The monoisotopic (exact) mass is 615 g/mol. The molecule has 43 heavy (non-hydrogen) atoms. The van der Waals surface area contributed by atoms with E-state index in [2.05, 4.69) is 15.3 Å². The topological polar surface area (TPSA) is 153 Å². The van der Waals surface area contributed by atoms with Crippen molar-refractivity contribution in [3.8, 4) is 11.3 Å². The molecular formula is C28H28F3N7O4S. The van der Waals surface area contributed by atoms with E-state index in [0.29, 0.717) is 42.1 Å². The summed E-state index contributed by atoms with van der Waals surface area (Å²) in [6.07, 6.45) is 2.15. The van der Waals surface area contributed by atoms with Gasteiger partial charge in [0, 0.05) is 61.4 Å². The average molecular weight is 616 g/mol. The van der Waals surface area contributed by atoms with Gasteiger partial charge in [-0.15, -0.1) is 0 Å². The van der Waals surface area contributed by atoms with Gasteiger partial charge in [0.05, 0.1) is 11.3 Å². The first kappa shape index (κ1) is 29.9. The zero-order valence-electron chi connectivity index (χ0n) is 23.0. The number of alkyl halides is 3. The predicted octanol–water partition coefficient (Wildman–Crippen LogP) is 3.79. The first-order valence-electron chi connectivity index (χ1n) is 13.3. The third-order valence-corrected chi connectivity index (χ3v) is 8.13. The number of nitrogens with zero attached hydrogens (tertiary/aromatic N) is 5. The van der Waals surface area contributed by atoms with Gasteiger partial charge in [0.1, 0.15) is 38.5 Å². The summed E-state index contributed by atoms with van der Waals surface area (Å²) in [6.45, 7) is 0.893. The van der Waals surface area contributed by atoms with Crippen molar-refractivity contribution in [3.05, 3.63) is 71.9 Å². The molecule has 15 heteroatoms. The number of nitrogen functional groups attached to an aromatic ring is 1. The molecule has 0 spiro atoms. The number of halogens is 3. The Hall–Kier alpha value is -4.53. The molecule has 0 saturated carbocycles. The highest BCUT2D eigenvalue weighted by atomic mass is 32.2. The molecule has 226 valence electrons. The quantitative estimate of drug-likeness (QED) is 0.319. The number of nitrogens with two attached hydrogens (primary N) is 1. The van der Waals surface area contributed by atoms with Crippen LogP contribution in [0.5, 0.6) is 0 Å². The highest BCUT2D eigenvalue weighted by molar-refractivity contribution is 7.90. The Bertz CT molecular complexity index is 1790. The number of sulfone groups is 1. The molecule has 0 aliphatic carbocycles. The number of pyridine rings is 1. The standard InChI is InChI=1S/C28H28F3N7O4S/c1-43(41,42)14-9-22(39)37-12-2-3-19(16-37)26-36-23(24-25(32)34-11-13-38(24)26)17-4-6-18(7-5-17)27(40)35-21-15-20(8-10-33-21)28(29,30)31/h4-8,10-11,13,15,19H,2-3,9,12,14,16H2,1H3,(H2,32,34)(H,33,35,40). The zero-order chi connectivity index (χ0) is 30.9. The number of likely N-dealkylation sites (tertiary alicyclic amines) is 1. The minimum Gasteiger partial charge on any atom is -0.382 e. The molecule has 0 radical (unpaired) electrons. The Balaban J connectivity index is 1.39. The fourth-order valence-corrected chi connectivity index (χ4v) is 5.61. The fourth-order valence-electron chi connectivity index (χ4n) is 5.06. The van der Waals surface area contributed by atoms with Crippen molar-refractivity contribution in [2.75, 3.05) is 36.1 Å². The van der Waals surface area contributed by atoms with Crippen LogP contribution >= 0.6 is 0 Å². The molecule has 11 nitrogen and oxygen atoms in total. The maximum absolute atomic E-state index is 13.0. The molecule has 1 aliphatic heterocycles. The van der Waals surface area contributed by atoms with E-state index in [0.717, 1.165) is 31.0 Å². The molecule has 3 N–H and O–H groups in total. The van der Waals surface area contributed by atoms with E-state index in [-0.39, 0.29) is 41.2 Å². The normalized spacial score (nSPS) is 15.9. The van der Waals surface area contributed by atoms with Crippen molar-refractivity contribution in [2.24, 2.45) is 0 Å². The van der Waals surface area contributed by atoms with Gasteiger partial charge < -0.3 is 16.0 Å². The smallest absolute Gasteiger partial charge is 0.382 e. The van der Waals surface area contributed by atoms with Crippen LogP contribution in [0.1, 0.15) is 46.9 Å². The summed E-state index contributed by atoms with van der Waals surface area (Å²) >= 11 is 0.